The number of alkyl halides is 9. The Labute approximate surface area is 168 Å². The predicted molar refractivity (Wildman–Crippen MR) is 91.1 cm³/mol. The van der Waals surface area contributed by atoms with Gasteiger partial charge >= 0.3 is 33.4 Å². The highest BCUT2D eigenvalue weighted by molar-refractivity contribution is 8.32. The van der Waals surface area contributed by atoms with Crippen LogP contribution in [0.25, 0.3) is 0 Å². The Morgan fingerprint density at radius 1 is 0.800 bits per heavy atom. The van der Waals surface area contributed by atoms with Crippen LogP contribution in [0.3, 0.4) is 0 Å². The van der Waals surface area contributed by atoms with E-state index in [1.165, 1.54) is 33.1 Å². The zero-order valence-electron chi connectivity index (χ0n) is 16.0. The van der Waals surface area contributed by atoms with Crippen LogP contribution in [-0.2, 0) is 13.7 Å². The molecular weight excluding hydrogens is 479 g/mol. The second kappa shape index (κ2) is 7.65. The molecule has 1 aromatic carbocycles. The first-order valence-electron chi connectivity index (χ1n) is 7.61. The van der Waals surface area contributed by atoms with Crippen LogP contribution in [0.15, 0.2) is 17.0 Å². The molecule has 0 bridgehead atoms. The van der Waals surface area contributed by atoms with Crippen LogP contribution in [0, 0.1) is 13.8 Å². The minimum absolute atomic E-state index is 0.0939. The molecule has 0 saturated heterocycles. The summed E-state index contributed by atoms with van der Waals surface area (Å²) >= 11 is 0. The lowest BCUT2D eigenvalue weighted by Crippen LogP contribution is -2.63. The zero-order valence-corrected chi connectivity index (χ0v) is 17.6. The van der Waals surface area contributed by atoms with E-state index in [-0.39, 0.29) is 4.90 Å². The third-order valence-corrected chi connectivity index (χ3v) is 8.23. The summed E-state index contributed by atoms with van der Waals surface area (Å²) in [5.74, 6) is -14.4. The molecular formula is C15H17F9O4S2. The van der Waals surface area contributed by atoms with Crippen molar-refractivity contribution in [1.29, 1.82) is 0 Å². The SMILES string of the molecule is COc1c(C)cc(S(C)(C)OS(=O)(=O)C(F)(F)C(F)(F)C(F)(F)C(F)(F)F)cc1C. The molecule has 1 aromatic rings. The maximum Gasteiger partial charge on any atom is 0.460 e. The average molecular weight is 496 g/mol. The van der Waals surface area contributed by atoms with Crippen molar-refractivity contribution in [3.8, 4) is 5.75 Å². The van der Waals surface area contributed by atoms with Gasteiger partial charge in [-0.05, 0) is 49.6 Å². The Morgan fingerprint density at radius 3 is 1.53 bits per heavy atom. The number of benzene rings is 1. The second-order valence-corrected chi connectivity index (χ2v) is 11.4. The van der Waals surface area contributed by atoms with Gasteiger partial charge in [0.1, 0.15) is 5.75 Å². The molecule has 0 aromatic heterocycles. The Kier molecular flexibility index (Phi) is 6.81. The lowest BCUT2D eigenvalue weighted by Gasteiger charge is -2.36. The summed E-state index contributed by atoms with van der Waals surface area (Å²) in [4.78, 5) is -0.0939. The average Bonchev–Trinajstić information content (AvgIpc) is 2.51. The summed E-state index contributed by atoms with van der Waals surface area (Å²) in [5.41, 5.74) is 0.740. The molecule has 0 radical (unpaired) electrons. The lowest BCUT2D eigenvalue weighted by atomic mass is 10.1. The van der Waals surface area contributed by atoms with Crippen LogP contribution in [0.5, 0.6) is 5.75 Å². The van der Waals surface area contributed by atoms with Crippen molar-refractivity contribution in [2.24, 2.45) is 0 Å². The van der Waals surface area contributed by atoms with Crippen molar-refractivity contribution in [2.75, 3.05) is 19.6 Å². The van der Waals surface area contributed by atoms with E-state index < -0.39 is 43.7 Å². The van der Waals surface area contributed by atoms with Gasteiger partial charge in [0.15, 0.2) is 0 Å². The van der Waals surface area contributed by atoms with Crippen LogP contribution in [0.4, 0.5) is 39.5 Å². The number of rotatable bonds is 7. The third kappa shape index (κ3) is 4.20. The van der Waals surface area contributed by atoms with Crippen LogP contribution in [0.1, 0.15) is 11.1 Å². The Balaban J connectivity index is 3.48. The molecule has 176 valence electrons. The van der Waals surface area contributed by atoms with E-state index in [0.717, 1.165) is 12.5 Å². The molecule has 30 heavy (non-hydrogen) atoms. The molecule has 0 unspecified atom stereocenters. The van der Waals surface area contributed by atoms with E-state index in [0.29, 0.717) is 16.9 Å². The molecule has 0 aliphatic heterocycles. The van der Waals surface area contributed by atoms with E-state index in [1.54, 1.807) is 0 Å². The molecule has 0 aliphatic rings. The Bertz CT molecular complexity index is 886. The van der Waals surface area contributed by atoms with E-state index in [1.807, 2.05) is 0 Å². The molecule has 4 nitrogen and oxygen atoms in total. The topological polar surface area (TPSA) is 52.6 Å². The van der Waals surface area contributed by atoms with Crippen LogP contribution in [0.2, 0.25) is 0 Å². The zero-order chi connectivity index (χ0) is 24.1. The largest absolute Gasteiger partial charge is 0.496 e. The van der Waals surface area contributed by atoms with Gasteiger partial charge in [-0.25, -0.2) is 3.63 Å². The highest BCUT2D eigenvalue weighted by Crippen LogP contribution is 2.59. The molecule has 0 saturated carbocycles. The molecule has 0 heterocycles. The minimum Gasteiger partial charge on any atom is -0.496 e. The first kappa shape index (κ1) is 26.7. The van der Waals surface area contributed by atoms with Gasteiger partial charge in [-0.1, -0.05) is 10.3 Å². The molecule has 15 heteroatoms. The van der Waals surface area contributed by atoms with Gasteiger partial charge < -0.3 is 4.74 Å². The predicted octanol–water partition coefficient (Wildman–Crippen LogP) is 5.42. The van der Waals surface area contributed by atoms with Crippen LogP contribution < -0.4 is 4.74 Å². The normalized spacial score (nSPS) is 15.3. The van der Waals surface area contributed by atoms with E-state index in [9.17, 15) is 47.9 Å². The maximum absolute atomic E-state index is 13.9. The quantitative estimate of drug-likeness (QED) is 0.473. The lowest BCUT2D eigenvalue weighted by molar-refractivity contribution is -0.382. The van der Waals surface area contributed by atoms with Gasteiger partial charge in [-0.15, -0.1) is 0 Å². The third-order valence-electron chi connectivity index (χ3n) is 3.90. The van der Waals surface area contributed by atoms with Gasteiger partial charge in [-0.2, -0.15) is 47.9 Å². The molecule has 0 spiro atoms. The van der Waals surface area contributed by atoms with Crippen molar-refractivity contribution < 1.29 is 56.3 Å². The van der Waals surface area contributed by atoms with Crippen molar-refractivity contribution in [2.45, 2.75) is 42.0 Å². The monoisotopic (exact) mass is 496 g/mol. The van der Waals surface area contributed by atoms with Crippen LogP contribution in [-0.4, -0.2) is 51.3 Å². The summed E-state index contributed by atoms with van der Waals surface area (Å²) in [7, 11) is -9.06. The van der Waals surface area contributed by atoms with Gasteiger partial charge in [0.2, 0.25) is 0 Å². The minimum atomic E-state index is -7.35. The second-order valence-electron chi connectivity index (χ2n) is 6.51. The highest BCUT2D eigenvalue weighted by Gasteiger charge is 2.86. The Hall–Kier alpha value is -1.35. The van der Waals surface area contributed by atoms with Gasteiger partial charge in [0.25, 0.3) is 0 Å². The fraction of sp³-hybridized carbons (Fsp3) is 0.600. The first-order valence-corrected chi connectivity index (χ1v) is 11.4. The fourth-order valence-corrected chi connectivity index (χ4v) is 6.15. The highest BCUT2D eigenvalue weighted by atomic mass is 32.3. The van der Waals surface area contributed by atoms with Crippen molar-refractivity contribution in [3.05, 3.63) is 23.3 Å². The van der Waals surface area contributed by atoms with Crippen molar-refractivity contribution >= 4 is 20.4 Å². The Morgan fingerprint density at radius 2 is 1.20 bits per heavy atom. The molecule has 0 fully saturated rings. The van der Waals surface area contributed by atoms with E-state index in [2.05, 4.69) is 3.63 Å². The van der Waals surface area contributed by atoms with Crippen LogP contribution >= 0.6 is 10.3 Å². The van der Waals surface area contributed by atoms with Gasteiger partial charge in [0, 0.05) is 4.90 Å². The standard InChI is InChI=1S/C15H17F9O4S2/c1-8-6-10(7-9(2)11(8)27-3)29(4,5)28-30(25,26)15(23,24)13(18,19)12(16,17)14(20,21)22/h6-7H,1-5H3. The van der Waals surface area contributed by atoms with Gasteiger partial charge in [0.05, 0.1) is 7.11 Å². The summed E-state index contributed by atoms with van der Waals surface area (Å²) in [6, 6.07) is 2.44. The molecule has 0 atom stereocenters. The number of halogens is 9. The van der Waals surface area contributed by atoms with E-state index in [4.69, 9.17) is 4.74 Å². The fourth-order valence-electron chi connectivity index (χ4n) is 2.34. The number of hydrogen-bond acceptors (Lipinski definition) is 4. The number of hydrogen-bond donors (Lipinski definition) is 0. The first-order chi connectivity index (χ1) is 13.1. The number of methoxy groups -OCH3 is 1. The molecule has 0 aliphatic carbocycles. The van der Waals surface area contributed by atoms with Crippen molar-refractivity contribution in [1.82, 2.24) is 0 Å². The number of ether oxygens (including phenoxy) is 1. The van der Waals surface area contributed by atoms with E-state index >= 15 is 0 Å². The van der Waals surface area contributed by atoms with Gasteiger partial charge in [-0.3, -0.25) is 0 Å². The van der Waals surface area contributed by atoms with Crippen molar-refractivity contribution in [3.63, 3.8) is 0 Å². The summed E-state index contributed by atoms with van der Waals surface area (Å²) < 4.78 is 150. The maximum atomic E-state index is 13.9. The molecule has 0 amide bonds. The smallest absolute Gasteiger partial charge is 0.460 e. The number of aryl methyl sites for hydroxylation is 2. The summed E-state index contributed by atoms with van der Waals surface area (Å²) in [6.45, 7) is 2.96. The molecule has 0 N–H and O–H groups in total. The summed E-state index contributed by atoms with van der Waals surface area (Å²) in [6.07, 6.45) is -5.34. The summed E-state index contributed by atoms with van der Waals surface area (Å²) in [5, 5.41) is -6.90. The molecule has 1 rings (SSSR count).